The summed E-state index contributed by atoms with van der Waals surface area (Å²) in [4.78, 5) is 11.0. The van der Waals surface area contributed by atoms with E-state index >= 15 is 0 Å². The third-order valence-electron chi connectivity index (χ3n) is 3.08. The van der Waals surface area contributed by atoms with Crippen LogP contribution in [0.1, 0.15) is 35.6 Å². The van der Waals surface area contributed by atoms with Crippen LogP contribution in [0, 0.1) is 5.82 Å². The van der Waals surface area contributed by atoms with Crippen molar-refractivity contribution >= 4 is 21.9 Å². The van der Waals surface area contributed by atoms with Crippen LogP contribution >= 0.6 is 15.9 Å². The Morgan fingerprint density at radius 2 is 2.10 bits per heavy atom. The lowest BCUT2D eigenvalue weighted by Crippen LogP contribution is -2.07. The van der Waals surface area contributed by atoms with E-state index in [1.165, 1.54) is 16.8 Å². The van der Waals surface area contributed by atoms with E-state index in [9.17, 15) is 9.18 Å². The second kappa shape index (κ2) is 5.75. The highest BCUT2D eigenvalue weighted by atomic mass is 79.9. The van der Waals surface area contributed by atoms with Crippen molar-refractivity contribution < 1.29 is 14.3 Å². The van der Waals surface area contributed by atoms with Crippen LogP contribution in [0.5, 0.6) is 0 Å². The first kappa shape index (κ1) is 14.7. The molecule has 0 aliphatic rings. The lowest BCUT2D eigenvalue weighted by Gasteiger charge is -2.10. The molecule has 4 nitrogen and oxygen atoms in total. The molecule has 2 aromatic rings. The van der Waals surface area contributed by atoms with Crippen LogP contribution < -0.4 is 0 Å². The molecular weight excluding hydrogens is 327 g/mol. The molecule has 0 saturated carbocycles. The summed E-state index contributed by atoms with van der Waals surface area (Å²) in [7, 11) is 0. The van der Waals surface area contributed by atoms with Gasteiger partial charge in [-0.25, -0.2) is 13.9 Å². The lowest BCUT2D eigenvalue weighted by atomic mass is 10.2. The summed E-state index contributed by atoms with van der Waals surface area (Å²) in [5, 5.41) is 13.3. The first-order valence-corrected chi connectivity index (χ1v) is 7.08. The molecule has 0 aliphatic heterocycles. The molecule has 0 bridgehead atoms. The van der Waals surface area contributed by atoms with Gasteiger partial charge >= 0.3 is 5.97 Å². The first-order valence-electron chi connectivity index (χ1n) is 6.29. The molecule has 0 amide bonds. The number of halogens is 2. The number of hydrogen-bond donors (Lipinski definition) is 1. The van der Waals surface area contributed by atoms with Crippen LogP contribution in [-0.2, 0) is 12.8 Å². The molecule has 0 saturated heterocycles. The second-order valence-corrected chi connectivity index (χ2v) is 5.10. The fraction of sp³-hybridized carbons (Fsp3) is 0.286. The van der Waals surface area contributed by atoms with Gasteiger partial charge in [0, 0.05) is 5.69 Å². The van der Waals surface area contributed by atoms with Crippen LogP contribution in [0.2, 0.25) is 0 Å². The highest BCUT2D eigenvalue weighted by Crippen LogP contribution is 2.27. The Hall–Kier alpha value is -1.69. The number of aromatic carboxylic acids is 1. The Labute approximate surface area is 124 Å². The molecule has 106 valence electrons. The highest BCUT2D eigenvalue weighted by Gasteiger charge is 2.19. The second-order valence-electron chi connectivity index (χ2n) is 4.31. The molecule has 0 radical (unpaired) electrons. The van der Waals surface area contributed by atoms with E-state index in [0.717, 1.165) is 17.8 Å². The number of aromatic nitrogens is 2. The molecule has 0 unspecified atom stereocenters. The first-order chi connectivity index (χ1) is 9.49. The number of nitrogens with zero attached hydrogens (tertiary/aromatic N) is 2. The third kappa shape index (κ3) is 2.47. The standard InChI is InChI=1S/C14H14BrFN2O2/c1-3-8-7-9(4-2)18(17-8)11-6-5-10(14(19)20)12(15)13(11)16/h5-7H,3-4H2,1-2H3,(H,19,20). The predicted octanol–water partition coefficient (Wildman–Crippen LogP) is 3.60. The van der Waals surface area contributed by atoms with E-state index in [2.05, 4.69) is 21.0 Å². The normalized spacial score (nSPS) is 10.8. The van der Waals surface area contributed by atoms with Crippen molar-refractivity contribution in [2.75, 3.05) is 0 Å². The van der Waals surface area contributed by atoms with Crippen LogP contribution in [0.4, 0.5) is 4.39 Å². The molecule has 0 atom stereocenters. The number of hydrogen-bond acceptors (Lipinski definition) is 2. The van der Waals surface area contributed by atoms with Crippen molar-refractivity contribution in [3.05, 3.63) is 45.4 Å². The van der Waals surface area contributed by atoms with E-state index in [0.29, 0.717) is 6.42 Å². The topological polar surface area (TPSA) is 55.1 Å². The summed E-state index contributed by atoms with van der Waals surface area (Å²) in [6.07, 6.45) is 1.47. The van der Waals surface area contributed by atoms with Crippen molar-refractivity contribution in [1.29, 1.82) is 0 Å². The summed E-state index contributed by atoms with van der Waals surface area (Å²) >= 11 is 3.00. The molecule has 0 spiro atoms. The van der Waals surface area contributed by atoms with E-state index in [1.54, 1.807) is 0 Å². The minimum atomic E-state index is -1.17. The van der Waals surface area contributed by atoms with Crippen LogP contribution in [-0.4, -0.2) is 20.9 Å². The molecule has 1 heterocycles. The molecule has 0 aliphatic carbocycles. The minimum absolute atomic E-state index is 0.0573. The summed E-state index contributed by atoms with van der Waals surface area (Å²) in [6.45, 7) is 3.94. The molecule has 6 heteroatoms. The van der Waals surface area contributed by atoms with Gasteiger partial charge < -0.3 is 5.11 Å². The fourth-order valence-corrected chi connectivity index (χ4v) is 2.48. The van der Waals surface area contributed by atoms with Gasteiger partial charge in [-0.05, 0) is 47.0 Å². The maximum absolute atomic E-state index is 14.4. The molecule has 1 aromatic carbocycles. The number of rotatable bonds is 4. The zero-order valence-electron chi connectivity index (χ0n) is 11.2. The summed E-state index contributed by atoms with van der Waals surface area (Å²) in [5.41, 5.74) is 1.90. The summed E-state index contributed by atoms with van der Waals surface area (Å²) in [6, 6.07) is 4.74. The monoisotopic (exact) mass is 340 g/mol. The van der Waals surface area contributed by atoms with Crippen LogP contribution in [0.3, 0.4) is 0 Å². The Bertz CT molecular complexity index is 667. The smallest absolute Gasteiger partial charge is 0.336 e. The predicted molar refractivity (Wildman–Crippen MR) is 76.9 cm³/mol. The molecule has 1 N–H and O–H groups in total. The maximum Gasteiger partial charge on any atom is 0.336 e. The van der Waals surface area contributed by atoms with Crippen LogP contribution in [0.25, 0.3) is 5.69 Å². The van der Waals surface area contributed by atoms with Gasteiger partial charge in [0.05, 0.1) is 15.7 Å². The third-order valence-corrected chi connectivity index (χ3v) is 3.85. The summed E-state index contributed by atoms with van der Waals surface area (Å²) in [5.74, 6) is -1.79. The van der Waals surface area contributed by atoms with E-state index in [1.807, 2.05) is 19.9 Å². The number of carbonyl (C=O) groups is 1. The Morgan fingerprint density at radius 3 is 2.65 bits per heavy atom. The van der Waals surface area contributed by atoms with Crippen molar-refractivity contribution in [2.24, 2.45) is 0 Å². The van der Waals surface area contributed by atoms with Crippen molar-refractivity contribution in [2.45, 2.75) is 26.7 Å². The van der Waals surface area contributed by atoms with E-state index < -0.39 is 11.8 Å². The molecular formula is C14H14BrFN2O2. The summed E-state index contributed by atoms with van der Waals surface area (Å²) < 4.78 is 15.8. The largest absolute Gasteiger partial charge is 0.478 e. The van der Waals surface area contributed by atoms with Gasteiger partial charge in [-0.15, -0.1) is 0 Å². The molecule has 1 aromatic heterocycles. The molecule has 2 rings (SSSR count). The van der Waals surface area contributed by atoms with Gasteiger partial charge in [-0.2, -0.15) is 5.10 Å². The lowest BCUT2D eigenvalue weighted by molar-refractivity contribution is 0.0695. The Balaban J connectivity index is 2.62. The SMILES string of the molecule is CCc1cc(CC)n(-c2ccc(C(=O)O)c(Br)c2F)n1. The van der Waals surface area contributed by atoms with E-state index in [-0.39, 0.29) is 15.7 Å². The average Bonchev–Trinajstić information content (AvgIpc) is 2.84. The van der Waals surface area contributed by atoms with Crippen LogP contribution in [0.15, 0.2) is 22.7 Å². The minimum Gasteiger partial charge on any atom is -0.478 e. The molecule has 20 heavy (non-hydrogen) atoms. The van der Waals surface area contributed by atoms with Gasteiger partial charge in [-0.1, -0.05) is 13.8 Å². The van der Waals surface area contributed by atoms with Gasteiger partial charge in [0.15, 0.2) is 5.82 Å². The zero-order valence-corrected chi connectivity index (χ0v) is 12.7. The van der Waals surface area contributed by atoms with Gasteiger partial charge in [0.2, 0.25) is 0 Å². The van der Waals surface area contributed by atoms with Crippen molar-refractivity contribution in [3.63, 3.8) is 0 Å². The number of aryl methyl sites for hydroxylation is 2. The number of carboxylic acids is 1. The van der Waals surface area contributed by atoms with Crippen molar-refractivity contribution in [1.82, 2.24) is 9.78 Å². The zero-order chi connectivity index (χ0) is 14.9. The van der Waals surface area contributed by atoms with Gasteiger partial charge in [-0.3, -0.25) is 0 Å². The van der Waals surface area contributed by atoms with Crippen molar-refractivity contribution in [3.8, 4) is 5.69 Å². The molecule has 0 fully saturated rings. The maximum atomic E-state index is 14.4. The van der Waals surface area contributed by atoms with Gasteiger partial charge in [0.25, 0.3) is 0 Å². The highest BCUT2D eigenvalue weighted by molar-refractivity contribution is 9.10. The fourth-order valence-electron chi connectivity index (χ4n) is 1.98. The Kier molecular flexibility index (Phi) is 4.23. The average molecular weight is 341 g/mol. The Morgan fingerprint density at radius 1 is 1.40 bits per heavy atom. The van der Waals surface area contributed by atoms with E-state index in [4.69, 9.17) is 5.11 Å². The number of carboxylic acid groups (broad SMARTS) is 1. The number of benzene rings is 1. The quantitative estimate of drug-likeness (QED) is 0.925. The van der Waals surface area contributed by atoms with Gasteiger partial charge in [0.1, 0.15) is 5.69 Å².